The van der Waals surface area contributed by atoms with Gasteiger partial charge in [0.1, 0.15) is 11.6 Å². The molecule has 0 aliphatic heterocycles. The molecular formula is C19H14FN5O2. The Morgan fingerprint density at radius 3 is 2.78 bits per heavy atom. The number of hydrogen-bond acceptors (Lipinski definition) is 5. The van der Waals surface area contributed by atoms with Gasteiger partial charge in [-0.05, 0) is 37.3 Å². The second-order valence-corrected chi connectivity index (χ2v) is 5.95. The van der Waals surface area contributed by atoms with Gasteiger partial charge in [0.15, 0.2) is 5.69 Å². The molecule has 3 heterocycles. The minimum absolute atomic E-state index is 0.110. The number of pyridine rings is 2. The molecule has 0 unspecified atom stereocenters. The number of halogens is 1. The minimum atomic E-state index is -1.14. The van der Waals surface area contributed by atoms with E-state index in [1.54, 1.807) is 24.4 Å². The van der Waals surface area contributed by atoms with E-state index in [0.717, 1.165) is 16.6 Å². The summed E-state index contributed by atoms with van der Waals surface area (Å²) in [4.78, 5) is 19.6. The van der Waals surface area contributed by atoms with E-state index in [4.69, 9.17) is 5.11 Å². The summed E-state index contributed by atoms with van der Waals surface area (Å²) in [5, 5.41) is 16.6. The van der Waals surface area contributed by atoms with Gasteiger partial charge in [0, 0.05) is 35.6 Å². The van der Waals surface area contributed by atoms with Crippen LogP contribution in [0.25, 0.3) is 16.6 Å². The number of nitrogens with zero attached hydrogens (tertiary/aromatic N) is 4. The third-order valence-corrected chi connectivity index (χ3v) is 4.00. The van der Waals surface area contributed by atoms with Crippen LogP contribution in [0.5, 0.6) is 0 Å². The molecule has 0 radical (unpaired) electrons. The fourth-order valence-electron chi connectivity index (χ4n) is 2.65. The molecule has 0 bridgehead atoms. The zero-order valence-electron chi connectivity index (χ0n) is 14.2. The van der Waals surface area contributed by atoms with E-state index in [2.05, 4.69) is 20.4 Å². The van der Waals surface area contributed by atoms with Crippen molar-refractivity contribution in [3.63, 3.8) is 0 Å². The van der Waals surface area contributed by atoms with Crippen molar-refractivity contribution >= 4 is 28.4 Å². The van der Waals surface area contributed by atoms with Gasteiger partial charge in [0.05, 0.1) is 16.9 Å². The minimum Gasteiger partial charge on any atom is -0.476 e. The largest absolute Gasteiger partial charge is 0.476 e. The summed E-state index contributed by atoms with van der Waals surface area (Å²) in [7, 11) is 0. The normalized spacial score (nSPS) is 10.9. The number of benzene rings is 1. The average Bonchev–Trinajstić information content (AvgIpc) is 3.13. The Morgan fingerprint density at radius 2 is 2.04 bits per heavy atom. The third-order valence-electron chi connectivity index (χ3n) is 4.00. The molecule has 0 aliphatic rings. The van der Waals surface area contributed by atoms with Gasteiger partial charge >= 0.3 is 5.97 Å². The number of fused-ring (bicyclic) bond motifs is 1. The smallest absolute Gasteiger partial charge is 0.356 e. The molecule has 0 atom stereocenters. The van der Waals surface area contributed by atoms with Crippen LogP contribution < -0.4 is 5.32 Å². The highest BCUT2D eigenvalue weighted by Gasteiger charge is 2.10. The summed E-state index contributed by atoms with van der Waals surface area (Å²) in [5.41, 5.74) is 2.19. The van der Waals surface area contributed by atoms with E-state index in [-0.39, 0.29) is 11.4 Å². The number of carbonyl (C=O) groups is 1. The molecule has 27 heavy (non-hydrogen) atoms. The first-order chi connectivity index (χ1) is 13.0. The second kappa shape index (κ2) is 6.49. The van der Waals surface area contributed by atoms with E-state index < -0.39 is 11.8 Å². The fourth-order valence-corrected chi connectivity index (χ4v) is 2.65. The predicted molar refractivity (Wildman–Crippen MR) is 98.0 cm³/mol. The van der Waals surface area contributed by atoms with Gasteiger partial charge in [-0.2, -0.15) is 5.10 Å². The van der Waals surface area contributed by atoms with E-state index in [1.807, 2.05) is 19.1 Å². The Bertz CT molecular complexity index is 1170. The van der Waals surface area contributed by atoms with Gasteiger partial charge in [-0.15, -0.1) is 0 Å². The lowest BCUT2D eigenvalue weighted by Gasteiger charge is -2.09. The maximum atomic E-state index is 14.5. The fraction of sp³-hybridized carbons (Fsp3) is 0.0526. The highest BCUT2D eigenvalue weighted by Crippen LogP contribution is 2.23. The maximum Gasteiger partial charge on any atom is 0.356 e. The van der Waals surface area contributed by atoms with Gasteiger partial charge in [-0.1, -0.05) is 0 Å². The van der Waals surface area contributed by atoms with Crippen molar-refractivity contribution in [3.05, 3.63) is 72.1 Å². The molecule has 0 aliphatic carbocycles. The number of carboxylic acid groups (broad SMARTS) is 1. The Kier molecular flexibility index (Phi) is 4.00. The van der Waals surface area contributed by atoms with Crippen LogP contribution >= 0.6 is 0 Å². The quantitative estimate of drug-likeness (QED) is 0.574. The average molecular weight is 363 g/mol. The molecular weight excluding hydrogens is 349 g/mol. The van der Waals surface area contributed by atoms with Gasteiger partial charge < -0.3 is 10.4 Å². The van der Waals surface area contributed by atoms with Gasteiger partial charge in [0.25, 0.3) is 0 Å². The van der Waals surface area contributed by atoms with Crippen LogP contribution in [0.1, 0.15) is 16.2 Å². The lowest BCUT2D eigenvalue weighted by atomic mass is 10.2. The maximum absolute atomic E-state index is 14.5. The molecule has 2 N–H and O–H groups in total. The second-order valence-electron chi connectivity index (χ2n) is 5.95. The zero-order chi connectivity index (χ0) is 19.0. The molecule has 1 aromatic carbocycles. The number of anilines is 2. The molecule has 4 rings (SSSR count). The molecule has 0 amide bonds. The molecule has 8 heteroatoms. The summed E-state index contributed by atoms with van der Waals surface area (Å²) in [6.07, 6.45) is 3.14. The summed E-state index contributed by atoms with van der Waals surface area (Å²) in [5.74, 6) is -1.18. The van der Waals surface area contributed by atoms with Crippen molar-refractivity contribution < 1.29 is 14.3 Å². The zero-order valence-corrected chi connectivity index (χ0v) is 14.2. The van der Waals surface area contributed by atoms with Crippen molar-refractivity contribution in [2.24, 2.45) is 0 Å². The van der Waals surface area contributed by atoms with Gasteiger partial charge in [0.2, 0.25) is 0 Å². The number of nitrogens with one attached hydrogen (secondary N) is 1. The summed E-state index contributed by atoms with van der Waals surface area (Å²) >= 11 is 0. The molecule has 3 aromatic heterocycles. The number of hydrogen-bond donors (Lipinski definition) is 2. The lowest BCUT2D eigenvalue weighted by Crippen LogP contribution is -2.02. The van der Waals surface area contributed by atoms with Crippen LogP contribution in [0.3, 0.4) is 0 Å². The number of aryl methyl sites for hydroxylation is 1. The van der Waals surface area contributed by atoms with E-state index in [9.17, 15) is 9.18 Å². The van der Waals surface area contributed by atoms with Crippen LogP contribution in [-0.2, 0) is 0 Å². The van der Waals surface area contributed by atoms with E-state index >= 15 is 0 Å². The molecule has 0 spiro atoms. The van der Waals surface area contributed by atoms with Crippen LogP contribution in [-0.4, -0.2) is 30.8 Å². The van der Waals surface area contributed by atoms with Crippen molar-refractivity contribution in [3.8, 4) is 5.69 Å². The molecule has 7 nitrogen and oxygen atoms in total. The van der Waals surface area contributed by atoms with E-state index in [1.165, 1.54) is 23.0 Å². The van der Waals surface area contributed by atoms with Crippen LogP contribution in [0.2, 0.25) is 0 Å². The third kappa shape index (κ3) is 3.32. The lowest BCUT2D eigenvalue weighted by molar-refractivity contribution is 0.0690. The molecule has 0 saturated carbocycles. The molecule has 4 aromatic rings. The Morgan fingerprint density at radius 1 is 1.19 bits per heavy atom. The number of carboxylic acids is 1. The summed E-state index contributed by atoms with van der Waals surface area (Å²) in [6.45, 7) is 1.90. The first kappa shape index (κ1) is 16.6. The molecule has 0 saturated heterocycles. The highest BCUT2D eigenvalue weighted by molar-refractivity contribution is 5.85. The van der Waals surface area contributed by atoms with Crippen LogP contribution in [0.15, 0.2) is 54.9 Å². The van der Waals surface area contributed by atoms with Crippen molar-refractivity contribution in [2.75, 3.05) is 5.32 Å². The van der Waals surface area contributed by atoms with Gasteiger partial charge in [-0.3, -0.25) is 4.98 Å². The van der Waals surface area contributed by atoms with Crippen molar-refractivity contribution in [2.45, 2.75) is 6.92 Å². The number of aromatic carboxylic acids is 1. The topological polar surface area (TPSA) is 92.9 Å². The SMILES string of the molecule is Cc1ccc2cnc(Nc3ccc(-n4ccc(C(=O)O)n4)cc3F)cc2n1. The monoisotopic (exact) mass is 363 g/mol. The van der Waals surface area contributed by atoms with Crippen LogP contribution in [0.4, 0.5) is 15.9 Å². The van der Waals surface area contributed by atoms with Crippen molar-refractivity contribution in [1.29, 1.82) is 0 Å². The summed E-state index contributed by atoms with van der Waals surface area (Å²) in [6, 6.07) is 11.4. The Hall–Kier alpha value is -3.81. The van der Waals surface area contributed by atoms with Crippen LogP contribution in [0, 0.1) is 12.7 Å². The summed E-state index contributed by atoms with van der Waals surface area (Å²) < 4.78 is 15.8. The first-order valence-corrected chi connectivity index (χ1v) is 8.09. The van der Waals surface area contributed by atoms with E-state index in [0.29, 0.717) is 11.5 Å². The Labute approximate surface area is 153 Å². The van der Waals surface area contributed by atoms with Crippen molar-refractivity contribution in [1.82, 2.24) is 19.7 Å². The number of rotatable bonds is 4. The standard InChI is InChI=1S/C19H14FN5O2/c1-11-2-3-12-10-21-18(9-17(12)22-11)23-15-5-4-13(8-14(15)20)25-7-6-16(24-25)19(26)27/h2-10H,1H3,(H,21,23)(H,26,27). The Balaban J connectivity index is 1.62. The first-order valence-electron chi connectivity index (χ1n) is 8.09. The number of aromatic nitrogens is 4. The molecule has 134 valence electrons. The highest BCUT2D eigenvalue weighted by atomic mass is 19.1. The predicted octanol–water partition coefficient (Wildman–Crippen LogP) is 3.70. The van der Waals surface area contributed by atoms with Gasteiger partial charge in [-0.25, -0.2) is 18.9 Å². The molecule has 0 fully saturated rings.